The number of alkyl carbamates (subject to hydrolysis) is 1. The number of fused-ring (bicyclic) bond motifs is 7. The van der Waals surface area contributed by atoms with E-state index in [1.165, 1.54) is 4.90 Å². The van der Waals surface area contributed by atoms with Crippen LogP contribution in [0, 0.1) is 5.92 Å². The van der Waals surface area contributed by atoms with Gasteiger partial charge in [0.25, 0.3) is 5.91 Å². The van der Waals surface area contributed by atoms with Crippen LogP contribution in [-0.2, 0) is 35.6 Å². The smallest absolute Gasteiger partial charge is 0.408 e. The van der Waals surface area contributed by atoms with E-state index in [0.717, 1.165) is 47.8 Å². The first-order valence-electron chi connectivity index (χ1n) is 20.8. The maximum atomic E-state index is 14.9. The van der Waals surface area contributed by atoms with Crippen LogP contribution < -0.4 is 29.6 Å². The molecule has 4 aliphatic heterocycles. The molecule has 9 rings (SSSR count). The predicted molar refractivity (Wildman–Crippen MR) is 211 cm³/mol. The molecule has 0 bridgehead atoms. The molecule has 1 aromatic heterocycles. The Morgan fingerprint density at radius 2 is 1.81 bits per heavy atom. The highest BCUT2D eigenvalue weighted by Gasteiger charge is 2.64. The molecule has 3 aliphatic carbocycles. The highest BCUT2D eigenvalue weighted by Crippen LogP contribution is 2.54. The zero-order valence-corrected chi connectivity index (χ0v) is 34.4. The molecule has 4 amide bonds. The largest absolute Gasteiger partial charge is 0.483 e. The number of benzene rings is 1. The SMILES string of the molecule is CC(C)(C)OC(=O)N[C@H]1CCCCC/C=C\[C@@H]2C[C@@]2(C(=O)NS(=O)(=O)C2(C)CC2)NC(=O)[C@@H]2C[C@]3(CCc4c(c(C5CC5)nc5ccc6c(c45)OCO6)O3)CN2C1=O. The third-order valence-corrected chi connectivity index (χ3v) is 15.1. The van der Waals surface area contributed by atoms with Crippen LogP contribution in [0.5, 0.6) is 17.2 Å². The van der Waals surface area contributed by atoms with Gasteiger partial charge in [-0.3, -0.25) is 19.1 Å². The minimum atomic E-state index is -4.00. The molecule has 3 saturated carbocycles. The van der Waals surface area contributed by atoms with Crippen molar-refractivity contribution < 1.29 is 46.5 Å². The maximum Gasteiger partial charge on any atom is 0.408 e. The van der Waals surface area contributed by atoms with Crippen LogP contribution in [0.1, 0.15) is 122 Å². The first kappa shape index (κ1) is 38.9. The van der Waals surface area contributed by atoms with E-state index in [2.05, 4.69) is 15.4 Å². The van der Waals surface area contributed by atoms with Gasteiger partial charge in [0.1, 0.15) is 34.6 Å². The van der Waals surface area contributed by atoms with E-state index >= 15 is 0 Å². The molecule has 58 heavy (non-hydrogen) atoms. The Labute approximate surface area is 338 Å². The summed E-state index contributed by atoms with van der Waals surface area (Å²) in [6, 6.07) is 1.71. The van der Waals surface area contributed by atoms with Crippen LogP contribution in [-0.4, -0.2) is 89.0 Å². The van der Waals surface area contributed by atoms with Crippen molar-refractivity contribution in [2.45, 2.75) is 151 Å². The number of rotatable bonds is 5. The number of nitrogens with one attached hydrogen (secondary N) is 3. The molecule has 1 saturated heterocycles. The highest BCUT2D eigenvalue weighted by atomic mass is 32.2. The van der Waals surface area contributed by atoms with Crippen molar-refractivity contribution in [3.8, 4) is 17.2 Å². The Kier molecular flexibility index (Phi) is 9.21. The van der Waals surface area contributed by atoms with Crippen molar-refractivity contribution in [1.82, 2.24) is 25.2 Å². The van der Waals surface area contributed by atoms with Gasteiger partial charge in [-0.05, 0) is 104 Å². The highest BCUT2D eigenvalue weighted by molar-refractivity contribution is 7.91. The first-order valence-corrected chi connectivity index (χ1v) is 22.3. The number of allylic oxidation sites excluding steroid dienone is 1. The third kappa shape index (κ3) is 7.02. The lowest BCUT2D eigenvalue weighted by atomic mass is 9.86. The van der Waals surface area contributed by atoms with E-state index in [1.54, 1.807) is 27.7 Å². The van der Waals surface area contributed by atoms with E-state index in [-0.39, 0.29) is 32.1 Å². The molecule has 2 aromatic rings. The Morgan fingerprint density at radius 3 is 2.55 bits per heavy atom. The second-order valence-electron chi connectivity index (χ2n) is 18.7. The van der Waals surface area contributed by atoms with Gasteiger partial charge in [0.05, 0.1) is 27.9 Å². The number of ether oxygens (including phenoxy) is 4. The summed E-state index contributed by atoms with van der Waals surface area (Å²) in [4.78, 5) is 63.5. The molecule has 3 N–H and O–H groups in total. The summed E-state index contributed by atoms with van der Waals surface area (Å²) in [5, 5.41) is 6.62. The second kappa shape index (κ2) is 13.7. The van der Waals surface area contributed by atoms with Crippen LogP contribution in [0.2, 0.25) is 0 Å². The molecule has 312 valence electrons. The van der Waals surface area contributed by atoms with Crippen molar-refractivity contribution in [1.29, 1.82) is 0 Å². The van der Waals surface area contributed by atoms with Gasteiger partial charge in [-0.1, -0.05) is 25.0 Å². The number of pyridine rings is 1. The number of carbonyl (C=O) groups excluding carboxylic acids is 4. The molecule has 1 aromatic carbocycles. The topological polar surface area (TPSA) is 192 Å². The number of hydrogen-bond acceptors (Lipinski definition) is 11. The summed E-state index contributed by atoms with van der Waals surface area (Å²) < 4.78 is 52.2. The van der Waals surface area contributed by atoms with Crippen LogP contribution >= 0.6 is 0 Å². The third-order valence-electron chi connectivity index (χ3n) is 13.0. The summed E-state index contributed by atoms with van der Waals surface area (Å²) in [5.41, 5.74) is -0.740. The van der Waals surface area contributed by atoms with E-state index in [0.29, 0.717) is 62.2 Å². The van der Waals surface area contributed by atoms with E-state index in [4.69, 9.17) is 23.9 Å². The number of carbonyl (C=O) groups is 4. The van der Waals surface area contributed by atoms with Gasteiger partial charge >= 0.3 is 6.09 Å². The minimum absolute atomic E-state index is 0.0414. The lowest BCUT2D eigenvalue weighted by molar-refractivity contribution is -0.141. The Hall–Kier alpha value is -4.60. The van der Waals surface area contributed by atoms with Gasteiger partial charge in [-0.2, -0.15) is 0 Å². The Balaban J connectivity index is 1.08. The molecule has 1 spiro atoms. The lowest BCUT2D eigenvalue weighted by Crippen LogP contribution is -2.58. The van der Waals surface area contributed by atoms with Gasteiger partial charge in [0, 0.05) is 23.8 Å². The molecule has 15 nitrogen and oxygen atoms in total. The van der Waals surface area contributed by atoms with Crippen LogP contribution in [0.4, 0.5) is 4.79 Å². The summed E-state index contributed by atoms with van der Waals surface area (Å²) in [5.74, 6) is -0.137. The van der Waals surface area contributed by atoms with Crippen LogP contribution in [0.3, 0.4) is 0 Å². The Morgan fingerprint density at radius 1 is 1.02 bits per heavy atom. The van der Waals surface area contributed by atoms with Crippen molar-refractivity contribution >= 4 is 44.7 Å². The van der Waals surface area contributed by atoms with Crippen LogP contribution in [0.25, 0.3) is 10.9 Å². The summed E-state index contributed by atoms with van der Waals surface area (Å²) in [6.45, 7) is 6.99. The maximum absolute atomic E-state index is 14.9. The lowest BCUT2D eigenvalue weighted by Gasteiger charge is -2.37. The van der Waals surface area contributed by atoms with Gasteiger partial charge < -0.3 is 34.5 Å². The number of aryl methyl sites for hydroxylation is 1. The molecule has 5 atom stereocenters. The molecular weight excluding hydrogens is 767 g/mol. The number of nitrogens with zero attached hydrogens (tertiary/aromatic N) is 2. The second-order valence-corrected chi connectivity index (χ2v) is 20.9. The summed E-state index contributed by atoms with van der Waals surface area (Å²) in [6.07, 6.45) is 10.5. The number of sulfonamides is 1. The zero-order valence-electron chi connectivity index (χ0n) is 33.6. The Bertz CT molecular complexity index is 2230. The fourth-order valence-corrected chi connectivity index (χ4v) is 10.4. The average molecular weight is 820 g/mol. The standard InChI is InChI=1S/C42H53N5O10S/c1-39(2,3)57-38(51)44-28-11-9-7-5-6-8-10-25-20-42(25,37(50)46-58(52,53)40(4)18-19-40)45-35(48)29-21-41(22-47(29)36(28)49)17-16-26-31-27(14-15-30-34(31)55-23-54-30)43-32(24-12-13-24)33(26)56-41/h8,10,14-15,24-25,28-29H,5-7,9,11-13,16-23H2,1-4H3,(H,44,51)(H,45,48)(H,46,50)/b10-8-/t25-,28+,29+,41-,42-/m1/s1. The zero-order chi connectivity index (χ0) is 40.8. The van der Waals surface area contributed by atoms with Crippen molar-refractivity contribution in [2.24, 2.45) is 5.92 Å². The number of hydrogen-bond donors (Lipinski definition) is 3. The number of aromatic nitrogens is 1. The quantitative estimate of drug-likeness (QED) is 0.352. The van der Waals surface area contributed by atoms with Gasteiger partial charge in [-0.15, -0.1) is 0 Å². The predicted octanol–water partition coefficient (Wildman–Crippen LogP) is 4.79. The molecule has 0 radical (unpaired) electrons. The van der Waals surface area contributed by atoms with Gasteiger partial charge in [-0.25, -0.2) is 18.2 Å². The monoisotopic (exact) mass is 819 g/mol. The van der Waals surface area contributed by atoms with Gasteiger partial charge in [0.15, 0.2) is 11.5 Å². The number of amides is 4. The molecule has 16 heteroatoms. The fourth-order valence-electron chi connectivity index (χ4n) is 9.09. The molecular formula is C42H53N5O10S. The van der Waals surface area contributed by atoms with E-state index < -0.39 is 73.3 Å². The van der Waals surface area contributed by atoms with E-state index in [9.17, 15) is 27.6 Å². The van der Waals surface area contributed by atoms with Crippen LogP contribution in [0.15, 0.2) is 24.3 Å². The normalized spacial score (nSPS) is 30.8. The first-order chi connectivity index (χ1) is 27.5. The molecule has 7 aliphatic rings. The van der Waals surface area contributed by atoms with E-state index in [1.807, 2.05) is 24.3 Å². The fraction of sp³-hybridized carbons (Fsp3) is 0.643. The van der Waals surface area contributed by atoms with Crippen molar-refractivity contribution in [3.63, 3.8) is 0 Å². The van der Waals surface area contributed by atoms with Gasteiger partial charge in [0.2, 0.25) is 28.6 Å². The summed E-state index contributed by atoms with van der Waals surface area (Å²) in [7, 11) is -4.00. The molecule has 4 fully saturated rings. The average Bonchev–Trinajstić information content (AvgIpc) is 4.12. The molecule has 0 unspecified atom stereocenters. The molecule has 5 heterocycles. The van der Waals surface area contributed by atoms with Crippen molar-refractivity contribution in [3.05, 3.63) is 35.5 Å². The summed E-state index contributed by atoms with van der Waals surface area (Å²) >= 11 is 0. The van der Waals surface area contributed by atoms with Crippen molar-refractivity contribution in [2.75, 3.05) is 13.3 Å². The minimum Gasteiger partial charge on any atom is -0.483 e.